The largest absolute Gasteiger partial charge is 0.380 e. The molecular weight excluding hydrogens is 416 g/mol. The molecule has 6 rings (SSSR count). The van der Waals surface area contributed by atoms with E-state index in [1.807, 2.05) is 26.0 Å². The van der Waals surface area contributed by atoms with Gasteiger partial charge in [-0.05, 0) is 48.4 Å². The summed E-state index contributed by atoms with van der Waals surface area (Å²) in [7, 11) is 0. The summed E-state index contributed by atoms with van der Waals surface area (Å²) in [4.78, 5) is 0. The molecule has 7 heteroatoms. The van der Waals surface area contributed by atoms with Crippen molar-refractivity contribution in [3.05, 3.63) is 52.2 Å². The Balaban J connectivity index is 1.94. The van der Waals surface area contributed by atoms with Crippen LogP contribution < -0.4 is 4.57 Å². The maximum Gasteiger partial charge on any atom is 0.380 e. The lowest BCUT2D eigenvalue weighted by atomic mass is 9.63. The monoisotopic (exact) mass is 436 g/mol. The van der Waals surface area contributed by atoms with Crippen molar-refractivity contribution in [1.82, 2.24) is 0 Å². The topological polar surface area (TPSA) is 3.88 Å². The van der Waals surface area contributed by atoms with Gasteiger partial charge in [0.1, 0.15) is 5.56 Å². The van der Waals surface area contributed by atoms with E-state index in [4.69, 9.17) is 0 Å². The molecule has 3 aromatic rings. The summed E-state index contributed by atoms with van der Waals surface area (Å²) in [6, 6.07) is 5.45. The van der Waals surface area contributed by atoms with Gasteiger partial charge in [-0.15, -0.1) is 0 Å². The standard InChI is InChI=1S/C24H20F6N/c1-5-21(4)20(3)9-12-7-13-11(2)6-14-18-16(22(25,26)24(29,30)23(18,27)28)10-31(21)19(14)17(13)15(20)8-12/h6-8,10H,5,9H2,1-4H3/q+1. The molecule has 0 N–H and O–H groups in total. The maximum absolute atomic E-state index is 14.9. The van der Waals surface area contributed by atoms with Crippen LogP contribution in [0.25, 0.3) is 21.7 Å². The van der Waals surface area contributed by atoms with Crippen LogP contribution in [0.4, 0.5) is 26.3 Å². The van der Waals surface area contributed by atoms with Crippen molar-refractivity contribution in [1.29, 1.82) is 0 Å². The number of hydrogen-bond donors (Lipinski definition) is 0. The van der Waals surface area contributed by atoms with E-state index in [9.17, 15) is 26.3 Å². The highest BCUT2D eigenvalue weighted by molar-refractivity contribution is 6.10. The van der Waals surface area contributed by atoms with E-state index >= 15 is 0 Å². The molecular formula is C24H20F6N+. The number of benzene rings is 2. The van der Waals surface area contributed by atoms with E-state index in [1.165, 1.54) is 6.07 Å². The van der Waals surface area contributed by atoms with E-state index in [1.54, 1.807) is 11.5 Å². The molecule has 0 amide bonds. The second kappa shape index (κ2) is 4.86. The van der Waals surface area contributed by atoms with Gasteiger partial charge in [-0.25, -0.2) is 0 Å². The summed E-state index contributed by atoms with van der Waals surface area (Å²) in [5, 5.41) is 1.36. The lowest BCUT2D eigenvalue weighted by molar-refractivity contribution is -0.751. The van der Waals surface area contributed by atoms with Crippen molar-refractivity contribution in [3.63, 3.8) is 0 Å². The van der Waals surface area contributed by atoms with E-state index in [0.717, 1.165) is 22.7 Å². The molecule has 1 nitrogen and oxygen atoms in total. The Bertz CT molecular complexity index is 1370. The third-order valence-corrected chi connectivity index (χ3v) is 8.52. The minimum absolute atomic E-state index is 0.207. The number of aromatic nitrogens is 1. The van der Waals surface area contributed by atoms with Crippen LogP contribution in [-0.2, 0) is 29.2 Å². The molecule has 0 fully saturated rings. The highest BCUT2D eigenvalue weighted by Gasteiger charge is 2.81. The number of nitrogens with zero attached hydrogens (tertiary/aromatic N) is 1. The zero-order chi connectivity index (χ0) is 22.5. The molecule has 2 aromatic carbocycles. The SMILES string of the molecule is CCC1(C)[n+]2cc3c(c4cc(C)c5cc6cc(c5c42)C1(C)C6)C(F)(F)C(F)(F)C3(F)F. The Labute approximate surface area is 174 Å². The van der Waals surface area contributed by atoms with Crippen LogP contribution in [0.2, 0.25) is 0 Å². The number of alkyl halides is 6. The van der Waals surface area contributed by atoms with Gasteiger partial charge in [-0.2, -0.15) is 30.9 Å². The average Bonchev–Trinajstić information content (AvgIpc) is 3.03. The van der Waals surface area contributed by atoms with Gasteiger partial charge in [-0.3, -0.25) is 0 Å². The van der Waals surface area contributed by atoms with Gasteiger partial charge in [0.15, 0.2) is 11.7 Å². The Kier molecular flexibility index (Phi) is 3.04. The van der Waals surface area contributed by atoms with Crippen molar-refractivity contribution in [2.45, 2.75) is 69.3 Å². The molecule has 162 valence electrons. The summed E-state index contributed by atoms with van der Waals surface area (Å²) in [6.45, 7) is 7.59. The lowest BCUT2D eigenvalue weighted by Gasteiger charge is -2.43. The van der Waals surface area contributed by atoms with Gasteiger partial charge < -0.3 is 0 Å². The molecule has 0 saturated heterocycles. The third kappa shape index (κ3) is 1.67. The third-order valence-electron chi connectivity index (χ3n) is 8.52. The van der Waals surface area contributed by atoms with Crippen LogP contribution in [0.1, 0.15) is 55.0 Å². The van der Waals surface area contributed by atoms with Crippen LogP contribution in [0.5, 0.6) is 0 Å². The van der Waals surface area contributed by atoms with E-state index in [-0.39, 0.29) is 5.39 Å². The summed E-state index contributed by atoms with van der Waals surface area (Å²) in [5.74, 6) is -15.4. The summed E-state index contributed by atoms with van der Waals surface area (Å²) < 4.78 is 89.9. The van der Waals surface area contributed by atoms with Gasteiger partial charge in [0.2, 0.25) is 5.52 Å². The van der Waals surface area contributed by atoms with Crippen LogP contribution in [0, 0.1) is 6.92 Å². The maximum atomic E-state index is 14.9. The normalized spacial score (nSPS) is 30.6. The highest BCUT2D eigenvalue weighted by Crippen LogP contribution is 2.65. The minimum Gasteiger partial charge on any atom is -0.194 e. The zero-order valence-corrected chi connectivity index (χ0v) is 17.4. The summed E-state index contributed by atoms with van der Waals surface area (Å²) in [6.07, 6.45) is 2.09. The molecule has 0 spiro atoms. The van der Waals surface area contributed by atoms with Gasteiger partial charge in [-0.1, -0.05) is 19.1 Å². The Morgan fingerprint density at radius 2 is 1.58 bits per heavy atom. The predicted molar refractivity (Wildman–Crippen MR) is 104 cm³/mol. The fourth-order valence-corrected chi connectivity index (χ4v) is 6.45. The van der Waals surface area contributed by atoms with Crippen LogP contribution in [0.3, 0.4) is 0 Å². The van der Waals surface area contributed by atoms with Gasteiger partial charge >= 0.3 is 17.8 Å². The average molecular weight is 436 g/mol. The van der Waals surface area contributed by atoms with Crippen molar-refractivity contribution >= 4 is 21.7 Å². The molecule has 2 bridgehead atoms. The molecule has 2 heterocycles. The Hall–Kier alpha value is -2.31. The highest BCUT2D eigenvalue weighted by atomic mass is 19.3. The van der Waals surface area contributed by atoms with E-state index in [0.29, 0.717) is 29.3 Å². The van der Waals surface area contributed by atoms with Crippen molar-refractivity contribution in [2.75, 3.05) is 0 Å². The van der Waals surface area contributed by atoms with Gasteiger partial charge in [0.05, 0.1) is 21.8 Å². The molecule has 2 aliphatic carbocycles. The number of aryl methyl sites for hydroxylation is 1. The van der Waals surface area contributed by atoms with Gasteiger partial charge in [0, 0.05) is 13.3 Å². The number of fused-ring (bicyclic) bond motifs is 3. The van der Waals surface area contributed by atoms with Crippen molar-refractivity contribution < 1.29 is 30.9 Å². The second-order valence-electron chi connectivity index (χ2n) is 9.80. The van der Waals surface area contributed by atoms with Crippen molar-refractivity contribution in [2.24, 2.45) is 0 Å². The first-order valence-electron chi connectivity index (χ1n) is 10.4. The minimum atomic E-state index is -5.50. The Morgan fingerprint density at radius 3 is 2.23 bits per heavy atom. The molecule has 0 radical (unpaired) electrons. The van der Waals surface area contributed by atoms with Crippen molar-refractivity contribution in [3.8, 4) is 0 Å². The number of pyridine rings is 1. The molecule has 0 saturated carbocycles. The fraction of sp³-hybridized carbons (Fsp3) is 0.458. The van der Waals surface area contributed by atoms with E-state index < -0.39 is 39.8 Å². The summed E-state index contributed by atoms with van der Waals surface area (Å²) >= 11 is 0. The lowest BCUT2D eigenvalue weighted by Crippen LogP contribution is -2.66. The second-order valence-corrected chi connectivity index (χ2v) is 9.80. The quantitative estimate of drug-likeness (QED) is 0.237. The molecule has 31 heavy (non-hydrogen) atoms. The summed E-state index contributed by atoms with van der Waals surface area (Å²) in [5.41, 5.74) is -0.682. The predicted octanol–water partition coefficient (Wildman–Crippen LogP) is 6.37. The molecule has 2 atom stereocenters. The molecule has 1 aromatic heterocycles. The van der Waals surface area contributed by atoms with Crippen LogP contribution in [0.15, 0.2) is 24.4 Å². The number of hydrogen-bond acceptors (Lipinski definition) is 0. The molecule has 3 aliphatic rings. The van der Waals surface area contributed by atoms with Crippen LogP contribution in [-0.4, -0.2) is 5.92 Å². The first kappa shape index (κ1) is 19.4. The molecule has 2 unspecified atom stereocenters. The first-order chi connectivity index (χ1) is 14.2. The van der Waals surface area contributed by atoms with Crippen LogP contribution >= 0.6 is 0 Å². The van der Waals surface area contributed by atoms with E-state index in [2.05, 4.69) is 6.92 Å². The Morgan fingerprint density at radius 1 is 0.903 bits per heavy atom. The number of rotatable bonds is 1. The fourth-order valence-electron chi connectivity index (χ4n) is 6.45. The van der Waals surface area contributed by atoms with Gasteiger partial charge in [0.25, 0.3) is 0 Å². The number of halogens is 6. The molecule has 1 aliphatic heterocycles. The first-order valence-corrected chi connectivity index (χ1v) is 10.4. The zero-order valence-electron chi connectivity index (χ0n) is 17.4. The smallest absolute Gasteiger partial charge is 0.194 e.